The SMILES string of the molecule is CCc1ccc2c(c1)nc(CN)n2Cc1cccc(F)c1. The fourth-order valence-electron chi connectivity index (χ4n) is 2.60. The van der Waals surface area contributed by atoms with Gasteiger partial charge in [0, 0.05) is 6.54 Å². The summed E-state index contributed by atoms with van der Waals surface area (Å²) in [6, 6.07) is 12.9. The van der Waals surface area contributed by atoms with Crippen molar-refractivity contribution in [2.75, 3.05) is 0 Å². The number of hydrogen-bond acceptors (Lipinski definition) is 2. The first kappa shape index (κ1) is 13.8. The van der Waals surface area contributed by atoms with E-state index in [1.54, 1.807) is 12.1 Å². The summed E-state index contributed by atoms with van der Waals surface area (Å²) in [7, 11) is 0. The average Bonchev–Trinajstić information content (AvgIpc) is 2.84. The van der Waals surface area contributed by atoms with Crippen LogP contribution < -0.4 is 5.73 Å². The molecule has 2 aromatic carbocycles. The molecule has 21 heavy (non-hydrogen) atoms. The molecule has 0 radical (unpaired) electrons. The Morgan fingerprint density at radius 1 is 1.14 bits per heavy atom. The number of halogens is 1. The number of hydrogen-bond donors (Lipinski definition) is 1. The summed E-state index contributed by atoms with van der Waals surface area (Å²) >= 11 is 0. The van der Waals surface area contributed by atoms with Crippen LogP contribution in [0.3, 0.4) is 0 Å². The van der Waals surface area contributed by atoms with Crippen LogP contribution in [0.2, 0.25) is 0 Å². The molecule has 0 aliphatic rings. The maximum atomic E-state index is 13.3. The zero-order valence-corrected chi connectivity index (χ0v) is 12.0. The van der Waals surface area contributed by atoms with Crippen LogP contribution in [-0.2, 0) is 19.5 Å². The summed E-state index contributed by atoms with van der Waals surface area (Å²) < 4.78 is 15.4. The van der Waals surface area contributed by atoms with Crippen LogP contribution in [0.5, 0.6) is 0 Å². The quantitative estimate of drug-likeness (QED) is 0.798. The van der Waals surface area contributed by atoms with Crippen molar-refractivity contribution in [3.8, 4) is 0 Å². The van der Waals surface area contributed by atoms with Crippen molar-refractivity contribution < 1.29 is 4.39 Å². The van der Waals surface area contributed by atoms with Gasteiger partial charge in [0.1, 0.15) is 11.6 Å². The van der Waals surface area contributed by atoms with Crippen LogP contribution in [0, 0.1) is 5.82 Å². The predicted molar refractivity (Wildman–Crippen MR) is 82.5 cm³/mol. The summed E-state index contributed by atoms with van der Waals surface area (Å²) in [6.45, 7) is 3.06. The van der Waals surface area contributed by atoms with Crippen molar-refractivity contribution in [1.82, 2.24) is 9.55 Å². The molecule has 0 spiro atoms. The third-order valence-electron chi connectivity index (χ3n) is 3.71. The van der Waals surface area contributed by atoms with Gasteiger partial charge in [-0.2, -0.15) is 0 Å². The van der Waals surface area contributed by atoms with E-state index in [1.807, 2.05) is 6.07 Å². The van der Waals surface area contributed by atoms with E-state index in [0.29, 0.717) is 13.1 Å². The highest BCUT2D eigenvalue weighted by molar-refractivity contribution is 5.77. The zero-order valence-electron chi connectivity index (χ0n) is 12.0. The third-order valence-corrected chi connectivity index (χ3v) is 3.71. The Bertz CT molecular complexity index is 777. The number of imidazole rings is 1. The van der Waals surface area contributed by atoms with Crippen LogP contribution in [0.25, 0.3) is 11.0 Å². The maximum absolute atomic E-state index is 13.3. The molecule has 2 N–H and O–H groups in total. The lowest BCUT2D eigenvalue weighted by molar-refractivity contribution is 0.623. The van der Waals surface area contributed by atoms with Crippen LogP contribution in [0.4, 0.5) is 4.39 Å². The van der Waals surface area contributed by atoms with Gasteiger partial charge in [-0.3, -0.25) is 0 Å². The maximum Gasteiger partial charge on any atom is 0.123 e. The molecular weight excluding hydrogens is 265 g/mol. The Morgan fingerprint density at radius 2 is 2.00 bits per heavy atom. The number of benzene rings is 2. The van der Waals surface area contributed by atoms with Crippen molar-refractivity contribution >= 4 is 11.0 Å². The monoisotopic (exact) mass is 283 g/mol. The second-order valence-corrected chi connectivity index (χ2v) is 5.12. The van der Waals surface area contributed by atoms with E-state index in [-0.39, 0.29) is 5.82 Å². The number of nitrogens with zero attached hydrogens (tertiary/aromatic N) is 2. The Kier molecular flexibility index (Phi) is 3.71. The molecule has 0 amide bonds. The number of nitrogens with two attached hydrogens (primary N) is 1. The largest absolute Gasteiger partial charge is 0.324 e. The summed E-state index contributed by atoms with van der Waals surface area (Å²) in [5.74, 6) is 0.599. The van der Waals surface area contributed by atoms with Gasteiger partial charge in [-0.05, 0) is 41.8 Å². The molecule has 1 aromatic heterocycles. The summed E-state index contributed by atoms with van der Waals surface area (Å²) in [5, 5.41) is 0. The molecular formula is C17H18FN3. The fraction of sp³-hybridized carbons (Fsp3) is 0.235. The van der Waals surface area contributed by atoms with Crippen molar-refractivity contribution in [3.63, 3.8) is 0 Å². The van der Waals surface area contributed by atoms with Crippen molar-refractivity contribution in [1.29, 1.82) is 0 Å². The molecule has 0 fully saturated rings. The molecule has 0 bridgehead atoms. The first-order valence-electron chi connectivity index (χ1n) is 7.14. The lowest BCUT2D eigenvalue weighted by Crippen LogP contribution is -2.09. The predicted octanol–water partition coefficient (Wildman–Crippen LogP) is 3.24. The minimum atomic E-state index is -0.223. The molecule has 3 nitrogen and oxygen atoms in total. The summed E-state index contributed by atoms with van der Waals surface area (Å²) in [5.41, 5.74) is 9.96. The number of fused-ring (bicyclic) bond motifs is 1. The molecule has 0 saturated heterocycles. The Balaban J connectivity index is 2.08. The molecule has 0 aliphatic carbocycles. The summed E-state index contributed by atoms with van der Waals surface area (Å²) in [4.78, 5) is 4.60. The van der Waals surface area contributed by atoms with Gasteiger partial charge in [0.2, 0.25) is 0 Å². The minimum Gasteiger partial charge on any atom is -0.324 e. The van der Waals surface area contributed by atoms with Crippen molar-refractivity contribution in [2.24, 2.45) is 5.73 Å². The molecule has 0 atom stereocenters. The molecule has 3 aromatic rings. The lowest BCUT2D eigenvalue weighted by atomic mass is 10.1. The van der Waals surface area contributed by atoms with E-state index < -0.39 is 0 Å². The Hall–Kier alpha value is -2.20. The van der Waals surface area contributed by atoms with Gasteiger partial charge in [-0.25, -0.2) is 9.37 Å². The second-order valence-electron chi connectivity index (χ2n) is 5.12. The van der Waals surface area contributed by atoms with Crippen LogP contribution in [-0.4, -0.2) is 9.55 Å². The topological polar surface area (TPSA) is 43.8 Å². The van der Waals surface area contributed by atoms with Gasteiger partial charge in [-0.15, -0.1) is 0 Å². The van der Waals surface area contributed by atoms with Crippen LogP contribution >= 0.6 is 0 Å². The van der Waals surface area contributed by atoms with E-state index in [2.05, 4.69) is 34.7 Å². The smallest absolute Gasteiger partial charge is 0.123 e. The van der Waals surface area contributed by atoms with Gasteiger partial charge in [0.15, 0.2) is 0 Å². The molecule has 4 heteroatoms. The highest BCUT2D eigenvalue weighted by Crippen LogP contribution is 2.20. The highest BCUT2D eigenvalue weighted by atomic mass is 19.1. The van der Waals surface area contributed by atoms with E-state index in [9.17, 15) is 4.39 Å². The minimum absolute atomic E-state index is 0.223. The standard InChI is InChI=1S/C17H18FN3/c1-2-12-6-7-16-15(9-12)20-17(10-19)21(16)11-13-4-3-5-14(18)8-13/h3-9H,2,10-11,19H2,1H3. The normalized spacial score (nSPS) is 11.2. The molecule has 3 rings (SSSR count). The molecule has 108 valence electrons. The molecule has 1 heterocycles. The van der Waals surface area contributed by atoms with Gasteiger partial charge in [-0.1, -0.05) is 25.1 Å². The van der Waals surface area contributed by atoms with E-state index in [0.717, 1.165) is 28.8 Å². The average molecular weight is 283 g/mol. The van der Waals surface area contributed by atoms with Crippen LogP contribution in [0.1, 0.15) is 23.9 Å². The molecule has 0 aliphatic heterocycles. The molecule has 0 unspecified atom stereocenters. The van der Waals surface area contributed by atoms with Gasteiger partial charge in [0.25, 0.3) is 0 Å². The van der Waals surface area contributed by atoms with Gasteiger partial charge in [0.05, 0.1) is 17.6 Å². The first-order valence-corrected chi connectivity index (χ1v) is 7.14. The molecule has 0 saturated carbocycles. The Morgan fingerprint density at radius 3 is 2.71 bits per heavy atom. The Labute approximate surface area is 123 Å². The van der Waals surface area contributed by atoms with E-state index >= 15 is 0 Å². The van der Waals surface area contributed by atoms with Crippen molar-refractivity contribution in [3.05, 3.63) is 65.2 Å². The zero-order chi connectivity index (χ0) is 14.8. The number of rotatable bonds is 4. The first-order chi connectivity index (χ1) is 10.2. The van der Waals surface area contributed by atoms with Gasteiger partial charge < -0.3 is 10.3 Å². The van der Waals surface area contributed by atoms with E-state index in [1.165, 1.54) is 11.6 Å². The van der Waals surface area contributed by atoms with Crippen molar-refractivity contribution in [2.45, 2.75) is 26.4 Å². The number of aromatic nitrogens is 2. The summed E-state index contributed by atoms with van der Waals surface area (Å²) in [6.07, 6.45) is 0.977. The lowest BCUT2D eigenvalue weighted by Gasteiger charge is -2.08. The number of aryl methyl sites for hydroxylation is 1. The van der Waals surface area contributed by atoms with E-state index in [4.69, 9.17) is 5.73 Å². The second kappa shape index (κ2) is 5.66. The fourth-order valence-corrected chi connectivity index (χ4v) is 2.60. The highest BCUT2D eigenvalue weighted by Gasteiger charge is 2.10. The van der Waals surface area contributed by atoms with Gasteiger partial charge >= 0.3 is 0 Å². The third kappa shape index (κ3) is 2.67. The van der Waals surface area contributed by atoms with Crippen LogP contribution in [0.15, 0.2) is 42.5 Å².